The van der Waals surface area contributed by atoms with E-state index < -0.39 is 0 Å². The Morgan fingerprint density at radius 1 is 1.38 bits per heavy atom. The minimum absolute atomic E-state index is 0.315. The smallest absolute Gasteiger partial charge is 0.211 e. The lowest BCUT2D eigenvalue weighted by molar-refractivity contribution is 0.565. The number of halogens is 1. The zero-order valence-corrected chi connectivity index (χ0v) is 10.3. The maximum Gasteiger partial charge on any atom is 0.240 e. The average Bonchev–Trinajstić information content (AvgIpc) is 2.71. The van der Waals surface area contributed by atoms with Gasteiger partial charge in [0.05, 0.1) is 5.69 Å². The quantitative estimate of drug-likeness (QED) is 0.564. The highest BCUT2D eigenvalue weighted by molar-refractivity contribution is 6.31. The Morgan fingerprint density at radius 3 is 2.69 bits per heavy atom. The van der Waals surface area contributed by atoms with Crippen molar-refractivity contribution in [3.63, 3.8) is 0 Å². The second-order valence-corrected chi connectivity index (χ2v) is 4.87. The molecule has 0 fully saturated rings. The van der Waals surface area contributed by atoms with Crippen molar-refractivity contribution < 1.29 is 4.79 Å². The lowest BCUT2D eigenvalue weighted by Gasteiger charge is -2.14. The van der Waals surface area contributed by atoms with Crippen LogP contribution in [0.1, 0.15) is 42.9 Å². The summed E-state index contributed by atoms with van der Waals surface area (Å²) in [5.74, 6) is 0.315. The molecule has 1 aromatic rings. The molecule has 0 atom stereocenters. The van der Waals surface area contributed by atoms with Crippen molar-refractivity contribution >= 4 is 23.4 Å². The lowest BCUT2D eigenvalue weighted by atomic mass is 9.95. The predicted molar refractivity (Wildman–Crippen MR) is 65.3 cm³/mol. The number of hydrogen-bond acceptors (Lipinski definition) is 2. The highest BCUT2D eigenvalue weighted by Crippen LogP contribution is 2.41. The highest BCUT2D eigenvalue weighted by atomic mass is 35.5. The molecule has 0 aliphatic heterocycles. The van der Waals surface area contributed by atoms with Crippen molar-refractivity contribution in [3.05, 3.63) is 27.8 Å². The van der Waals surface area contributed by atoms with E-state index >= 15 is 0 Å². The van der Waals surface area contributed by atoms with Crippen molar-refractivity contribution in [1.29, 1.82) is 0 Å². The predicted octanol–water partition coefficient (Wildman–Crippen LogP) is 3.92. The number of fused-ring (bicyclic) bond motifs is 1. The zero-order chi connectivity index (χ0) is 11.7. The molecule has 0 spiro atoms. The van der Waals surface area contributed by atoms with Gasteiger partial charge in [0, 0.05) is 5.02 Å². The summed E-state index contributed by atoms with van der Waals surface area (Å²) in [7, 11) is 0. The van der Waals surface area contributed by atoms with Gasteiger partial charge < -0.3 is 0 Å². The molecule has 0 saturated carbocycles. The van der Waals surface area contributed by atoms with Crippen molar-refractivity contribution in [1.82, 2.24) is 0 Å². The van der Waals surface area contributed by atoms with Crippen LogP contribution < -0.4 is 0 Å². The SMILES string of the molecule is CC(C)c1cc(Cl)c2c(c1N=C=O)CCC2. The van der Waals surface area contributed by atoms with Gasteiger partial charge in [0.2, 0.25) is 6.08 Å². The fraction of sp³-hybridized carbons (Fsp3) is 0.462. The van der Waals surface area contributed by atoms with Crippen LogP contribution in [0.15, 0.2) is 11.1 Å². The molecule has 0 bridgehead atoms. The van der Waals surface area contributed by atoms with Crippen LogP contribution in [0.5, 0.6) is 0 Å². The van der Waals surface area contributed by atoms with E-state index in [0.29, 0.717) is 5.92 Å². The van der Waals surface area contributed by atoms with E-state index in [9.17, 15) is 4.79 Å². The van der Waals surface area contributed by atoms with Gasteiger partial charge >= 0.3 is 0 Å². The van der Waals surface area contributed by atoms with Gasteiger partial charge in [-0.3, -0.25) is 0 Å². The Kier molecular flexibility index (Phi) is 3.13. The molecule has 3 heteroatoms. The van der Waals surface area contributed by atoms with Crippen LogP contribution >= 0.6 is 11.6 Å². The summed E-state index contributed by atoms with van der Waals surface area (Å²) in [4.78, 5) is 14.4. The minimum atomic E-state index is 0.315. The molecule has 2 nitrogen and oxygen atoms in total. The van der Waals surface area contributed by atoms with E-state index in [-0.39, 0.29) is 0 Å². The molecular weight excluding hydrogens is 222 g/mol. The molecule has 0 N–H and O–H groups in total. The summed E-state index contributed by atoms with van der Waals surface area (Å²) in [5.41, 5.74) is 4.18. The monoisotopic (exact) mass is 235 g/mol. The molecule has 16 heavy (non-hydrogen) atoms. The number of isocyanates is 1. The Labute approximate surface area is 100 Å². The van der Waals surface area contributed by atoms with Gasteiger partial charge in [0.25, 0.3) is 0 Å². The van der Waals surface area contributed by atoms with Crippen LogP contribution in [0.25, 0.3) is 0 Å². The normalized spacial score (nSPS) is 13.8. The number of benzene rings is 1. The van der Waals surface area contributed by atoms with Gasteiger partial charge in [0.1, 0.15) is 0 Å². The van der Waals surface area contributed by atoms with E-state index in [4.69, 9.17) is 11.6 Å². The van der Waals surface area contributed by atoms with Crippen LogP contribution in [-0.4, -0.2) is 6.08 Å². The summed E-state index contributed by atoms with van der Waals surface area (Å²) < 4.78 is 0. The van der Waals surface area contributed by atoms with Crippen LogP contribution in [0.4, 0.5) is 5.69 Å². The summed E-state index contributed by atoms with van der Waals surface area (Å²) >= 11 is 6.25. The van der Waals surface area contributed by atoms with Crippen LogP contribution in [-0.2, 0) is 17.6 Å². The number of hydrogen-bond donors (Lipinski definition) is 0. The third-order valence-corrected chi connectivity index (χ3v) is 3.46. The van der Waals surface area contributed by atoms with E-state index in [1.54, 1.807) is 6.08 Å². The molecule has 0 radical (unpaired) electrons. The molecule has 0 saturated heterocycles. The third kappa shape index (κ3) is 1.79. The average molecular weight is 236 g/mol. The standard InChI is InChI=1S/C13H14ClNO/c1-8(2)11-6-12(14)9-4-3-5-10(9)13(11)15-7-16/h6,8H,3-5H2,1-2H3. The topological polar surface area (TPSA) is 29.4 Å². The van der Waals surface area contributed by atoms with Gasteiger partial charge in [0.15, 0.2) is 0 Å². The van der Waals surface area contributed by atoms with Crippen LogP contribution in [0.3, 0.4) is 0 Å². The second kappa shape index (κ2) is 4.40. The van der Waals surface area contributed by atoms with Crippen LogP contribution in [0.2, 0.25) is 5.02 Å². The van der Waals surface area contributed by atoms with E-state index in [1.165, 1.54) is 5.56 Å². The minimum Gasteiger partial charge on any atom is -0.211 e. The molecule has 1 aliphatic carbocycles. The molecule has 0 unspecified atom stereocenters. The maximum atomic E-state index is 10.5. The summed E-state index contributed by atoms with van der Waals surface area (Å²) in [6, 6.07) is 1.95. The van der Waals surface area contributed by atoms with Gasteiger partial charge in [-0.25, -0.2) is 4.79 Å². The maximum absolute atomic E-state index is 10.5. The first kappa shape index (κ1) is 11.4. The summed E-state index contributed by atoms with van der Waals surface area (Å²) in [6.07, 6.45) is 4.72. The Morgan fingerprint density at radius 2 is 2.06 bits per heavy atom. The van der Waals surface area contributed by atoms with Crippen molar-refractivity contribution in [2.24, 2.45) is 4.99 Å². The summed E-state index contributed by atoms with van der Waals surface area (Å²) in [6.45, 7) is 4.16. The molecule has 1 aliphatic rings. The van der Waals surface area contributed by atoms with Crippen molar-refractivity contribution in [3.8, 4) is 0 Å². The number of carbonyl (C=O) groups excluding carboxylic acids is 1. The first-order valence-electron chi connectivity index (χ1n) is 5.57. The fourth-order valence-corrected chi connectivity index (χ4v) is 2.68. The van der Waals surface area contributed by atoms with Crippen LogP contribution in [0, 0.1) is 0 Å². The fourth-order valence-electron chi connectivity index (χ4n) is 2.35. The molecule has 0 amide bonds. The molecule has 1 aromatic carbocycles. The first-order valence-corrected chi connectivity index (χ1v) is 5.95. The molecule has 2 rings (SSSR count). The van der Waals surface area contributed by atoms with Gasteiger partial charge in [-0.15, -0.1) is 0 Å². The Bertz CT molecular complexity index is 473. The Balaban J connectivity index is 2.71. The zero-order valence-electron chi connectivity index (χ0n) is 9.51. The third-order valence-electron chi connectivity index (χ3n) is 3.13. The lowest BCUT2D eigenvalue weighted by Crippen LogP contribution is -1.94. The van der Waals surface area contributed by atoms with Gasteiger partial charge in [-0.05, 0) is 47.9 Å². The Hall–Kier alpha value is -1.11. The number of nitrogens with zero attached hydrogens (tertiary/aromatic N) is 1. The second-order valence-electron chi connectivity index (χ2n) is 4.46. The van der Waals surface area contributed by atoms with Crippen molar-refractivity contribution in [2.45, 2.75) is 39.0 Å². The summed E-state index contributed by atoms with van der Waals surface area (Å²) in [5, 5.41) is 0.820. The largest absolute Gasteiger partial charge is 0.240 e. The number of aliphatic imine (C=N–C) groups is 1. The molecular formula is C13H14ClNO. The number of rotatable bonds is 2. The highest BCUT2D eigenvalue weighted by Gasteiger charge is 2.22. The van der Waals surface area contributed by atoms with Gasteiger partial charge in [-0.1, -0.05) is 25.4 Å². The van der Waals surface area contributed by atoms with Crippen molar-refractivity contribution in [2.75, 3.05) is 0 Å². The van der Waals surface area contributed by atoms with Gasteiger partial charge in [-0.2, -0.15) is 4.99 Å². The van der Waals surface area contributed by atoms with E-state index in [2.05, 4.69) is 18.8 Å². The molecule has 0 heterocycles. The first-order chi connectivity index (χ1) is 7.65. The molecule has 0 aromatic heterocycles. The molecule has 84 valence electrons. The van der Waals surface area contributed by atoms with E-state index in [0.717, 1.165) is 41.1 Å². The van der Waals surface area contributed by atoms with E-state index in [1.807, 2.05) is 6.07 Å².